The van der Waals surface area contributed by atoms with Gasteiger partial charge in [0.25, 0.3) is 12.3 Å². The molecule has 18 heteroatoms. The average Bonchev–Trinajstić information content (AvgIpc) is 3.49. The Morgan fingerprint density at radius 3 is 2.45 bits per heavy atom. The summed E-state index contributed by atoms with van der Waals surface area (Å²) >= 11 is 6.69. The highest BCUT2D eigenvalue weighted by molar-refractivity contribution is 6.26. The summed E-state index contributed by atoms with van der Waals surface area (Å²) < 4.78 is 74.5. The lowest BCUT2D eigenvalue weighted by atomic mass is 9.75. The number of hydrogen-bond acceptors (Lipinski definition) is 8. The number of halogens is 6. The van der Waals surface area contributed by atoms with Crippen molar-refractivity contribution in [2.24, 2.45) is 22.1 Å². The maximum absolute atomic E-state index is 15.0. The second-order valence-corrected chi connectivity index (χ2v) is 15.1. The molecule has 1 fully saturated rings. The van der Waals surface area contributed by atoms with Gasteiger partial charge in [-0.15, -0.1) is 11.6 Å². The zero-order chi connectivity index (χ0) is 38.5. The van der Waals surface area contributed by atoms with Crippen LogP contribution in [0.4, 0.5) is 26.7 Å². The second-order valence-electron chi connectivity index (χ2n) is 14.7. The maximum Gasteiger partial charge on any atom is 0.407 e. The highest BCUT2D eigenvalue weighted by Gasteiger charge is 2.53. The van der Waals surface area contributed by atoms with Crippen LogP contribution < -0.4 is 11.1 Å². The molecule has 3 N–H and O–H groups in total. The fourth-order valence-electron chi connectivity index (χ4n) is 6.68. The molecule has 1 aromatic carbocycles. The monoisotopic (exact) mass is 763 g/mol. The first-order valence-corrected chi connectivity index (χ1v) is 17.4. The van der Waals surface area contributed by atoms with Crippen molar-refractivity contribution in [3.63, 3.8) is 0 Å². The van der Waals surface area contributed by atoms with Gasteiger partial charge < -0.3 is 15.8 Å². The number of benzene rings is 1. The minimum atomic E-state index is -4.71. The molecule has 12 nitrogen and oxygen atoms in total. The van der Waals surface area contributed by atoms with E-state index in [1.807, 2.05) is 43.8 Å². The molecule has 2 amide bonds. The predicted octanol–water partition coefficient (Wildman–Crippen LogP) is 6.58. The van der Waals surface area contributed by atoms with Gasteiger partial charge in [-0.05, 0) is 53.4 Å². The zero-order valence-corrected chi connectivity index (χ0v) is 30.1. The Balaban J connectivity index is 1.39. The van der Waals surface area contributed by atoms with Crippen LogP contribution in [0, 0.1) is 11.3 Å². The molecule has 4 atom stereocenters. The highest BCUT2D eigenvalue weighted by Crippen LogP contribution is 2.45. The number of nitrogens with zero attached hydrogens (tertiary/aromatic N) is 7. The molecule has 3 aliphatic rings. The zero-order valence-electron chi connectivity index (χ0n) is 29.3. The number of guanidine groups is 1. The van der Waals surface area contributed by atoms with Crippen LogP contribution in [-0.2, 0) is 15.1 Å². The topological polar surface area (TPSA) is 146 Å². The van der Waals surface area contributed by atoms with Crippen molar-refractivity contribution in [1.29, 1.82) is 0 Å². The van der Waals surface area contributed by atoms with Crippen molar-refractivity contribution in [2.75, 3.05) is 13.2 Å². The van der Waals surface area contributed by atoms with Crippen molar-refractivity contribution in [2.45, 2.75) is 82.6 Å². The first kappa shape index (κ1) is 37.9. The molecular formula is C35H39ClF5N9O3. The Morgan fingerprint density at radius 2 is 1.83 bits per heavy atom. The van der Waals surface area contributed by atoms with Crippen LogP contribution in [0.2, 0.25) is 0 Å². The number of hydrogen-bond donors (Lipinski definition) is 2. The van der Waals surface area contributed by atoms with Gasteiger partial charge >= 0.3 is 12.3 Å². The van der Waals surface area contributed by atoms with E-state index in [1.54, 1.807) is 36.6 Å². The van der Waals surface area contributed by atoms with Gasteiger partial charge in [-0.1, -0.05) is 58.0 Å². The third-order valence-corrected chi connectivity index (χ3v) is 9.78. The molecule has 0 spiro atoms. The van der Waals surface area contributed by atoms with E-state index in [-0.39, 0.29) is 23.7 Å². The van der Waals surface area contributed by atoms with Crippen LogP contribution in [0.25, 0.3) is 16.8 Å². The van der Waals surface area contributed by atoms with Gasteiger partial charge in [-0.25, -0.2) is 28.2 Å². The van der Waals surface area contributed by atoms with Gasteiger partial charge in [-0.3, -0.25) is 14.4 Å². The van der Waals surface area contributed by atoms with Gasteiger partial charge in [0, 0.05) is 11.8 Å². The van der Waals surface area contributed by atoms with Crippen molar-refractivity contribution in [3.8, 4) is 11.1 Å². The minimum absolute atomic E-state index is 0.0831. The molecule has 3 heterocycles. The Kier molecular flexibility index (Phi) is 10.2. The fraction of sp³-hybridized carbons (Fsp3) is 0.486. The van der Waals surface area contributed by atoms with E-state index in [9.17, 15) is 31.5 Å². The molecule has 0 saturated heterocycles. The van der Waals surface area contributed by atoms with Crippen LogP contribution in [0.3, 0.4) is 0 Å². The molecular weight excluding hydrogens is 725 g/mol. The second kappa shape index (κ2) is 14.2. The number of amides is 2. The van der Waals surface area contributed by atoms with Crippen LogP contribution in [-0.4, -0.2) is 78.2 Å². The number of aliphatic imine (C=N–C) groups is 1. The van der Waals surface area contributed by atoms with Crippen molar-refractivity contribution in [1.82, 2.24) is 34.8 Å². The Labute approximate surface area is 306 Å². The smallest absolute Gasteiger partial charge is 0.407 e. The lowest BCUT2D eigenvalue weighted by Crippen LogP contribution is -2.52. The average molecular weight is 764 g/mol. The molecule has 0 radical (unpaired) electrons. The summed E-state index contributed by atoms with van der Waals surface area (Å²) in [7, 11) is 0. The van der Waals surface area contributed by atoms with E-state index in [0.29, 0.717) is 11.6 Å². The number of nitrogens with one attached hydrogen (secondary N) is 1. The third kappa shape index (κ3) is 8.09. The number of allylic oxidation sites excluding steroid dienone is 2. The summed E-state index contributed by atoms with van der Waals surface area (Å²) in [6, 6.07) is 6.42. The molecule has 0 bridgehead atoms. The number of rotatable bonds is 11. The Bertz CT molecular complexity index is 1950. The summed E-state index contributed by atoms with van der Waals surface area (Å²) in [6.45, 7) is 5.15. The number of carbonyl (C=O) groups is 2. The van der Waals surface area contributed by atoms with Gasteiger partial charge in [0.2, 0.25) is 0 Å². The van der Waals surface area contributed by atoms with Gasteiger partial charge in [0.1, 0.15) is 19.5 Å². The van der Waals surface area contributed by atoms with Crippen molar-refractivity contribution >= 4 is 35.3 Å². The Morgan fingerprint density at radius 1 is 1.13 bits per heavy atom. The van der Waals surface area contributed by atoms with E-state index in [4.69, 9.17) is 27.1 Å². The molecule has 2 aliphatic carbocycles. The van der Waals surface area contributed by atoms with E-state index < -0.39 is 71.9 Å². The fourth-order valence-corrected chi connectivity index (χ4v) is 6.90. The van der Waals surface area contributed by atoms with Gasteiger partial charge in [0.15, 0.2) is 17.3 Å². The first-order valence-electron chi connectivity index (χ1n) is 16.9. The SMILES string of the molecule is CC1C=C([C@@H](COC(=O)NCC(F)(F)F)N2C(=O)[C@@](CC(C)(C)C)(c3ccc(-c4cnn(C5CC5)c4)cc3)N=C2N)C=C(n2ncnc2C(F)F)C1Cl. The molecule has 6 rings (SSSR count). The minimum Gasteiger partial charge on any atom is -0.447 e. The number of alkyl halides is 6. The summed E-state index contributed by atoms with van der Waals surface area (Å²) in [5, 5.41) is 9.17. The number of carbonyl (C=O) groups excluding carboxylic acids is 2. The van der Waals surface area contributed by atoms with E-state index >= 15 is 0 Å². The summed E-state index contributed by atoms with van der Waals surface area (Å²) in [4.78, 5) is 37.0. The lowest BCUT2D eigenvalue weighted by Gasteiger charge is -2.36. The van der Waals surface area contributed by atoms with Gasteiger partial charge in [0.05, 0.1) is 29.4 Å². The lowest BCUT2D eigenvalue weighted by molar-refractivity contribution is -0.134. The largest absolute Gasteiger partial charge is 0.447 e. The van der Waals surface area contributed by atoms with Crippen LogP contribution in [0.15, 0.2) is 65.7 Å². The first-order chi connectivity index (χ1) is 24.9. The van der Waals surface area contributed by atoms with E-state index in [2.05, 4.69) is 15.2 Å². The molecule has 3 aromatic rings. The number of alkyl carbamates (subject to hydrolysis) is 1. The molecule has 1 saturated carbocycles. The van der Waals surface area contributed by atoms with Crippen molar-refractivity contribution in [3.05, 3.63) is 72.1 Å². The molecule has 2 unspecified atom stereocenters. The van der Waals surface area contributed by atoms with Crippen LogP contribution in [0.5, 0.6) is 0 Å². The molecule has 1 aliphatic heterocycles. The standard InChI is InChI=1S/C35H39ClF5N9O3/c1-19-11-21(12-25(27(19)36)50-29(28(37)38)44-18-46-50)26(15-53-32(52)43-17-35(39,40)41)49-30(51)34(47-31(49)42,16-33(2,3)4)23-7-5-20(6-8-23)22-13-45-48(14-22)24-9-10-24/h5-8,11-14,18-19,24,26-28H,9-10,15-17H2,1-4H3,(H2,42,47)(H,43,52)/t19?,26-,27?,34-/m1/s1. The predicted molar refractivity (Wildman–Crippen MR) is 185 cm³/mol. The van der Waals surface area contributed by atoms with Crippen LogP contribution in [0.1, 0.15) is 70.8 Å². The quantitative estimate of drug-likeness (QED) is 0.166. The summed E-state index contributed by atoms with van der Waals surface area (Å²) in [5.74, 6) is -2.08. The van der Waals surface area contributed by atoms with Gasteiger partial charge in [-0.2, -0.15) is 23.4 Å². The van der Waals surface area contributed by atoms with Crippen LogP contribution >= 0.6 is 11.6 Å². The van der Waals surface area contributed by atoms with E-state index in [0.717, 1.165) is 39.9 Å². The maximum atomic E-state index is 15.0. The summed E-state index contributed by atoms with van der Waals surface area (Å²) in [5.41, 5.74) is 7.15. The van der Waals surface area contributed by atoms with Crippen molar-refractivity contribution < 1.29 is 36.3 Å². The third-order valence-electron chi connectivity index (χ3n) is 9.16. The number of ether oxygens (including phenoxy) is 1. The Hall–Kier alpha value is -4.80. The van der Waals surface area contributed by atoms with E-state index in [1.165, 1.54) is 6.08 Å². The normalized spacial score (nSPS) is 22.8. The number of nitrogens with two attached hydrogens (primary N) is 1. The number of aromatic nitrogens is 5. The molecule has 53 heavy (non-hydrogen) atoms. The highest BCUT2D eigenvalue weighted by atomic mass is 35.5. The summed E-state index contributed by atoms with van der Waals surface area (Å²) in [6.07, 6.45) is 0.955. The molecule has 284 valence electrons. The molecule has 2 aromatic heterocycles.